The van der Waals surface area contributed by atoms with Crippen LogP contribution in [0.2, 0.25) is 0 Å². The Labute approximate surface area is 79.8 Å². The Hall–Kier alpha value is -0.980. The summed E-state index contributed by atoms with van der Waals surface area (Å²) in [4.78, 5) is 0. The van der Waals surface area contributed by atoms with Crippen molar-refractivity contribution in [1.82, 2.24) is 0 Å². The van der Waals surface area contributed by atoms with Crippen LogP contribution in [0.25, 0.3) is 0 Å². The predicted octanol–water partition coefficient (Wildman–Crippen LogP) is 3.35. The van der Waals surface area contributed by atoms with E-state index in [-0.39, 0.29) is 0 Å². The standard InChI is InChI=1S/C12H16O/c1-3-10-5-4-6-11-7-9(2)13-12(11)8-10/h4,6,8-9H,3,5,7H2,1-2H3. The molecule has 0 spiro atoms. The highest BCUT2D eigenvalue weighted by Crippen LogP contribution is 2.30. The number of allylic oxidation sites excluding steroid dienone is 4. The maximum absolute atomic E-state index is 5.73. The van der Waals surface area contributed by atoms with Crippen molar-refractivity contribution in [2.75, 3.05) is 0 Å². The summed E-state index contributed by atoms with van der Waals surface area (Å²) in [7, 11) is 0. The van der Waals surface area contributed by atoms with Crippen molar-refractivity contribution < 1.29 is 4.74 Å². The Kier molecular flexibility index (Phi) is 2.26. The minimum Gasteiger partial charge on any atom is -0.490 e. The van der Waals surface area contributed by atoms with E-state index in [1.165, 1.54) is 11.1 Å². The monoisotopic (exact) mass is 176 g/mol. The molecule has 2 rings (SSSR count). The molecular formula is C12H16O. The molecule has 1 heteroatoms. The summed E-state index contributed by atoms with van der Waals surface area (Å²) in [5.41, 5.74) is 2.84. The third-order valence-electron chi connectivity index (χ3n) is 2.64. The Morgan fingerprint density at radius 3 is 3.15 bits per heavy atom. The Morgan fingerprint density at radius 2 is 2.38 bits per heavy atom. The second kappa shape index (κ2) is 3.41. The van der Waals surface area contributed by atoms with E-state index < -0.39 is 0 Å². The second-order valence-electron chi connectivity index (χ2n) is 3.78. The van der Waals surface area contributed by atoms with Crippen molar-refractivity contribution in [3.63, 3.8) is 0 Å². The van der Waals surface area contributed by atoms with E-state index >= 15 is 0 Å². The zero-order valence-electron chi connectivity index (χ0n) is 8.34. The minimum absolute atomic E-state index is 0.363. The van der Waals surface area contributed by atoms with Crippen LogP contribution in [0.5, 0.6) is 0 Å². The Bertz CT molecular complexity index is 294. The maximum Gasteiger partial charge on any atom is 0.122 e. The van der Waals surface area contributed by atoms with Crippen molar-refractivity contribution >= 4 is 0 Å². The lowest BCUT2D eigenvalue weighted by Crippen LogP contribution is -1.98. The van der Waals surface area contributed by atoms with Gasteiger partial charge in [0, 0.05) is 6.42 Å². The van der Waals surface area contributed by atoms with Gasteiger partial charge in [-0.25, -0.2) is 0 Å². The summed E-state index contributed by atoms with van der Waals surface area (Å²) in [5, 5.41) is 0. The van der Waals surface area contributed by atoms with Crippen LogP contribution in [0, 0.1) is 0 Å². The number of hydrogen-bond acceptors (Lipinski definition) is 1. The lowest BCUT2D eigenvalue weighted by Gasteiger charge is -2.06. The van der Waals surface area contributed by atoms with E-state index in [0.717, 1.165) is 25.0 Å². The SMILES string of the molecule is CCC1=CC2=C(C=CC1)CC(C)O2. The van der Waals surface area contributed by atoms with Gasteiger partial charge in [0.2, 0.25) is 0 Å². The first kappa shape index (κ1) is 8.61. The second-order valence-corrected chi connectivity index (χ2v) is 3.78. The van der Waals surface area contributed by atoms with E-state index in [1.54, 1.807) is 0 Å². The van der Waals surface area contributed by atoms with Gasteiger partial charge in [-0.15, -0.1) is 0 Å². The topological polar surface area (TPSA) is 9.23 Å². The summed E-state index contributed by atoms with van der Waals surface area (Å²) in [6.07, 6.45) is 10.3. The fraction of sp³-hybridized carbons (Fsp3) is 0.500. The third-order valence-corrected chi connectivity index (χ3v) is 2.64. The van der Waals surface area contributed by atoms with Crippen LogP contribution in [-0.2, 0) is 4.74 Å². The van der Waals surface area contributed by atoms with E-state index in [9.17, 15) is 0 Å². The molecule has 0 aromatic carbocycles. The van der Waals surface area contributed by atoms with Crippen LogP contribution < -0.4 is 0 Å². The van der Waals surface area contributed by atoms with Crippen LogP contribution in [0.15, 0.2) is 35.1 Å². The van der Waals surface area contributed by atoms with Crippen molar-refractivity contribution in [1.29, 1.82) is 0 Å². The molecule has 0 bridgehead atoms. The van der Waals surface area contributed by atoms with Gasteiger partial charge in [0.15, 0.2) is 0 Å². The molecule has 0 aromatic heterocycles. The smallest absolute Gasteiger partial charge is 0.122 e. The van der Waals surface area contributed by atoms with E-state index in [0.29, 0.717) is 6.10 Å². The van der Waals surface area contributed by atoms with Gasteiger partial charge >= 0.3 is 0 Å². The largest absolute Gasteiger partial charge is 0.490 e. The first-order valence-corrected chi connectivity index (χ1v) is 5.05. The molecule has 0 saturated heterocycles. The number of rotatable bonds is 1. The third kappa shape index (κ3) is 1.69. The van der Waals surface area contributed by atoms with E-state index in [4.69, 9.17) is 4.74 Å². The molecule has 1 unspecified atom stereocenters. The van der Waals surface area contributed by atoms with Crippen LogP contribution in [0.3, 0.4) is 0 Å². The summed E-state index contributed by atoms with van der Waals surface area (Å²) < 4.78 is 5.73. The van der Waals surface area contributed by atoms with Gasteiger partial charge in [0.25, 0.3) is 0 Å². The molecule has 1 atom stereocenters. The molecule has 1 aliphatic carbocycles. The van der Waals surface area contributed by atoms with Gasteiger partial charge in [-0.2, -0.15) is 0 Å². The van der Waals surface area contributed by atoms with Gasteiger partial charge in [-0.1, -0.05) is 24.6 Å². The van der Waals surface area contributed by atoms with E-state index in [1.807, 2.05) is 0 Å². The maximum atomic E-state index is 5.73. The molecule has 1 heterocycles. The molecule has 0 aromatic rings. The highest BCUT2D eigenvalue weighted by Gasteiger charge is 2.20. The van der Waals surface area contributed by atoms with Gasteiger partial charge in [0.05, 0.1) is 0 Å². The minimum atomic E-state index is 0.363. The average Bonchev–Trinajstić information content (AvgIpc) is 2.33. The molecule has 0 saturated carbocycles. The molecule has 0 N–H and O–H groups in total. The number of hydrogen-bond donors (Lipinski definition) is 0. The van der Waals surface area contributed by atoms with Crippen molar-refractivity contribution in [2.24, 2.45) is 0 Å². The molecule has 70 valence electrons. The highest BCUT2D eigenvalue weighted by molar-refractivity contribution is 5.38. The highest BCUT2D eigenvalue weighted by atomic mass is 16.5. The van der Waals surface area contributed by atoms with Gasteiger partial charge in [-0.3, -0.25) is 0 Å². The molecule has 13 heavy (non-hydrogen) atoms. The quantitative estimate of drug-likeness (QED) is 0.595. The average molecular weight is 176 g/mol. The van der Waals surface area contributed by atoms with Gasteiger partial charge in [-0.05, 0) is 31.4 Å². The molecule has 2 aliphatic rings. The zero-order valence-corrected chi connectivity index (χ0v) is 8.34. The summed E-state index contributed by atoms with van der Waals surface area (Å²) in [5.74, 6) is 1.11. The molecule has 1 aliphatic heterocycles. The lowest BCUT2D eigenvalue weighted by atomic mass is 10.1. The Morgan fingerprint density at radius 1 is 1.54 bits per heavy atom. The van der Waals surface area contributed by atoms with Gasteiger partial charge in [0.1, 0.15) is 11.9 Å². The summed E-state index contributed by atoms with van der Waals surface area (Å²) >= 11 is 0. The zero-order chi connectivity index (χ0) is 9.26. The first-order chi connectivity index (χ1) is 6.29. The van der Waals surface area contributed by atoms with E-state index in [2.05, 4.69) is 32.1 Å². The summed E-state index contributed by atoms with van der Waals surface area (Å²) in [6.45, 7) is 4.32. The fourth-order valence-electron chi connectivity index (χ4n) is 1.86. The molecule has 0 radical (unpaired) electrons. The molecule has 1 nitrogen and oxygen atoms in total. The van der Waals surface area contributed by atoms with Crippen LogP contribution in [-0.4, -0.2) is 6.10 Å². The van der Waals surface area contributed by atoms with Crippen molar-refractivity contribution in [3.8, 4) is 0 Å². The molecular weight excluding hydrogens is 160 g/mol. The lowest BCUT2D eigenvalue weighted by molar-refractivity contribution is 0.169. The van der Waals surface area contributed by atoms with Crippen molar-refractivity contribution in [2.45, 2.75) is 39.2 Å². The van der Waals surface area contributed by atoms with Gasteiger partial charge < -0.3 is 4.74 Å². The normalized spacial score (nSPS) is 26.6. The van der Waals surface area contributed by atoms with Crippen LogP contribution in [0.1, 0.15) is 33.1 Å². The fourth-order valence-corrected chi connectivity index (χ4v) is 1.86. The summed E-state index contributed by atoms with van der Waals surface area (Å²) in [6, 6.07) is 0. The Balaban J connectivity index is 2.27. The first-order valence-electron chi connectivity index (χ1n) is 5.05. The number of ether oxygens (including phenoxy) is 1. The molecule has 0 fully saturated rings. The van der Waals surface area contributed by atoms with Crippen LogP contribution in [0.4, 0.5) is 0 Å². The van der Waals surface area contributed by atoms with Crippen LogP contribution >= 0.6 is 0 Å². The van der Waals surface area contributed by atoms with Crippen molar-refractivity contribution in [3.05, 3.63) is 35.1 Å². The molecule has 0 amide bonds. The predicted molar refractivity (Wildman–Crippen MR) is 54.3 cm³/mol.